The van der Waals surface area contributed by atoms with E-state index < -0.39 is 0 Å². The summed E-state index contributed by atoms with van der Waals surface area (Å²) in [7, 11) is 0. The molecule has 25 heavy (non-hydrogen) atoms. The number of benzene rings is 1. The fraction of sp³-hybridized carbons (Fsp3) is 0.412. The van der Waals surface area contributed by atoms with E-state index in [9.17, 15) is 4.79 Å². The molecule has 0 amide bonds. The Kier molecular flexibility index (Phi) is 4.29. The zero-order valence-corrected chi connectivity index (χ0v) is 13.9. The Bertz CT molecular complexity index is 922. The van der Waals surface area contributed by atoms with Crippen molar-refractivity contribution in [2.45, 2.75) is 26.0 Å². The second-order valence-electron chi connectivity index (χ2n) is 6.14. The van der Waals surface area contributed by atoms with E-state index in [4.69, 9.17) is 9.15 Å². The normalized spacial score (nSPS) is 18.7. The summed E-state index contributed by atoms with van der Waals surface area (Å²) in [6, 6.07) is 7.56. The molecule has 0 saturated carbocycles. The lowest BCUT2D eigenvalue weighted by molar-refractivity contribution is -0.0371. The molecular weight excluding hydrogens is 322 g/mol. The molecule has 8 heteroatoms. The maximum Gasteiger partial charge on any atom is 0.336 e. The Morgan fingerprint density at radius 1 is 1.36 bits per heavy atom. The molecule has 1 saturated heterocycles. The second-order valence-corrected chi connectivity index (χ2v) is 6.14. The minimum absolute atomic E-state index is 0.218. The fourth-order valence-electron chi connectivity index (χ4n) is 3.17. The molecule has 1 unspecified atom stereocenters. The molecule has 4 rings (SSSR count). The molecule has 1 atom stereocenters. The molecule has 0 radical (unpaired) electrons. The van der Waals surface area contributed by atoms with Crippen LogP contribution >= 0.6 is 0 Å². The maximum atomic E-state index is 11.9. The number of ether oxygens (including phenoxy) is 1. The van der Waals surface area contributed by atoms with Crippen molar-refractivity contribution in [3.63, 3.8) is 0 Å². The number of hydrogen-bond donors (Lipinski definition) is 1. The highest BCUT2D eigenvalue weighted by molar-refractivity contribution is 5.80. The lowest BCUT2D eigenvalue weighted by Crippen LogP contribution is -2.38. The molecule has 130 valence electrons. The summed E-state index contributed by atoms with van der Waals surface area (Å²) in [5, 5.41) is 15.0. The first-order chi connectivity index (χ1) is 12.2. The number of nitrogens with one attached hydrogen (secondary N) is 1. The van der Waals surface area contributed by atoms with Crippen LogP contribution in [-0.4, -0.2) is 45.2 Å². The minimum atomic E-state index is -0.324. The predicted molar refractivity (Wildman–Crippen MR) is 90.0 cm³/mol. The van der Waals surface area contributed by atoms with Crippen molar-refractivity contribution < 1.29 is 9.15 Å². The first kappa shape index (κ1) is 15.9. The molecule has 1 aliphatic heterocycles. The van der Waals surface area contributed by atoms with Gasteiger partial charge in [0.25, 0.3) is 0 Å². The first-order valence-electron chi connectivity index (χ1n) is 8.36. The molecule has 1 N–H and O–H groups in total. The molecule has 1 aliphatic rings. The number of nitrogens with zero attached hydrogens (tertiary/aromatic N) is 4. The Labute approximate surface area is 143 Å². The van der Waals surface area contributed by atoms with Gasteiger partial charge in [0.15, 0.2) is 0 Å². The summed E-state index contributed by atoms with van der Waals surface area (Å²) in [5.74, 6) is 0.551. The molecule has 1 fully saturated rings. The van der Waals surface area contributed by atoms with E-state index >= 15 is 0 Å². The van der Waals surface area contributed by atoms with Crippen molar-refractivity contribution in [2.75, 3.05) is 19.7 Å². The van der Waals surface area contributed by atoms with Crippen LogP contribution in [0.5, 0.6) is 0 Å². The van der Waals surface area contributed by atoms with Gasteiger partial charge in [-0.25, -0.2) is 4.79 Å². The summed E-state index contributed by atoms with van der Waals surface area (Å²) < 4.78 is 11.1. The number of rotatable bonds is 4. The molecule has 0 spiro atoms. The van der Waals surface area contributed by atoms with E-state index in [2.05, 4.69) is 38.5 Å². The van der Waals surface area contributed by atoms with Gasteiger partial charge >= 0.3 is 5.63 Å². The van der Waals surface area contributed by atoms with Crippen LogP contribution in [0.25, 0.3) is 11.0 Å². The zero-order valence-electron chi connectivity index (χ0n) is 13.9. The molecule has 1 aromatic carbocycles. The van der Waals surface area contributed by atoms with Crippen molar-refractivity contribution in [1.82, 2.24) is 25.5 Å². The predicted octanol–water partition coefficient (Wildman–Crippen LogP) is 1.44. The lowest BCUT2D eigenvalue weighted by atomic mass is 10.0. The van der Waals surface area contributed by atoms with Gasteiger partial charge in [-0.15, -0.1) is 10.2 Å². The number of H-pyrrole nitrogens is 1. The Balaban J connectivity index is 1.62. The summed E-state index contributed by atoms with van der Waals surface area (Å²) in [4.78, 5) is 14.1. The van der Waals surface area contributed by atoms with Gasteiger partial charge in [0, 0.05) is 31.1 Å². The third-order valence-corrected chi connectivity index (χ3v) is 4.50. The second kappa shape index (κ2) is 6.73. The molecule has 3 heterocycles. The monoisotopic (exact) mass is 341 g/mol. The van der Waals surface area contributed by atoms with Crippen LogP contribution in [0.4, 0.5) is 0 Å². The number of fused-ring (bicyclic) bond motifs is 1. The van der Waals surface area contributed by atoms with E-state index in [-0.39, 0.29) is 11.7 Å². The minimum Gasteiger partial charge on any atom is -0.423 e. The van der Waals surface area contributed by atoms with Gasteiger partial charge in [-0.05, 0) is 29.7 Å². The van der Waals surface area contributed by atoms with Gasteiger partial charge in [0.1, 0.15) is 11.7 Å². The smallest absolute Gasteiger partial charge is 0.336 e. The van der Waals surface area contributed by atoms with Crippen molar-refractivity contribution in [3.05, 3.63) is 51.6 Å². The number of morpholine rings is 1. The van der Waals surface area contributed by atoms with Crippen LogP contribution in [0.15, 0.2) is 33.5 Å². The number of tetrazole rings is 1. The van der Waals surface area contributed by atoms with Gasteiger partial charge in [0.05, 0.1) is 6.61 Å². The summed E-state index contributed by atoms with van der Waals surface area (Å²) in [6.45, 7) is 4.77. The Morgan fingerprint density at radius 3 is 3.08 bits per heavy atom. The van der Waals surface area contributed by atoms with E-state index in [0.29, 0.717) is 31.1 Å². The van der Waals surface area contributed by atoms with Crippen LogP contribution in [0.1, 0.15) is 30.0 Å². The largest absolute Gasteiger partial charge is 0.423 e. The standard InChI is InChI=1S/C17H19N5O3/c1-2-11-3-4-14-13(7-11)12(8-16(23)25-14)9-22-5-6-24-15(10-22)17-18-20-21-19-17/h3-4,7-8,15H,2,5-6,9-10H2,1H3,(H,18,19,20,21). The van der Waals surface area contributed by atoms with E-state index in [1.165, 1.54) is 5.56 Å². The van der Waals surface area contributed by atoms with Crippen molar-refractivity contribution in [2.24, 2.45) is 0 Å². The van der Waals surface area contributed by atoms with Crippen molar-refractivity contribution in [3.8, 4) is 0 Å². The van der Waals surface area contributed by atoms with E-state index in [1.54, 1.807) is 6.07 Å². The highest BCUT2D eigenvalue weighted by atomic mass is 16.5. The molecule has 0 aliphatic carbocycles. The molecule has 0 bridgehead atoms. The summed E-state index contributed by atoms with van der Waals surface area (Å²) >= 11 is 0. The zero-order chi connectivity index (χ0) is 17.2. The third kappa shape index (κ3) is 3.31. The Morgan fingerprint density at radius 2 is 2.28 bits per heavy atom. The maximum absolute atomic E-state index is 11.9. The number of aryl methyl sites for hydroxylation is 1. The number of aromatic amines is 1. The molecule has 2 aromatic heterocycles. The van der Waals surface area contributed by atoms with E-state index in [1.807, 2.05) is 12.1 Å². The molecule has 8 nitrogen and oxygen atoms in total. The molecule has 3 aromatic rings. The van der Waals surface area contributed by atoms with E-state index in [0.717, 1.165) is 23.9 Å². The van der Waals surface area contributed by atoms with Crippen molar-refractivity contribution >= 4 is 11.0 Å². The van der Waals surface area contributed by atoms with Crippen LogP contribution < -0.4 is 5.63 Å². The van der Waals surface area contributed by atoms with Gasteiger partial charge in [0.2, 0.25) is 5.82 Å². The van der Waals surface area contributed by atoms with Gasteiger partial charge < -0.3 is 9.15 Å². The SMILES string of the molecule is CCc1ccc2oc(=O)cc(CN3CCOC(c4nn[nH]n4)C3)c2c1. The first-order valence-corrected chi connectivity index (χ1v) is 8.36. The summed E-state index contributed by atoms with van der Waals surface area (Å²) in [6.07, 6.45) is 0.719. The van der Waals surface area contributed by atoms with Crippen LogP contribution in [0.2, 0.25) is 0 Å². The van der Waals surface area contributed by atoms with Gasteiger partial charge in [-0.2, -0.15) is 5.21 Å². The number of aromatic nitrogens is 4. The van der Waals surface area contributed by atoms with Crippen LogP contribution in [0, 0.1) is 0 Å². The Hall–Kier alpha value is -2.58. The topological polar surface area (TPSA) is 97.1 Å². The highest BCUT2D eigenvalue weighted by Gasteiger charge is 2.25. The molecular formula is C17H19N5O3. The highest BCUT2D eigenvalue weighted by Crippen LogP contribution is 2.24. The average Bonchev–Trinajstić information content (AvgIpc) is 3.16. The average molecular weight is 341 g/mol. The van der Waals surface area contributed by atoms with Crippen molar-refractivity contribution in [1.29, 1.82) is 0 Å². The summed E-state index contributed by atoms with van der Waals surface area (Å²) in [5.41, 5.74) is 2.49. The van der Waals surface area contributed by atoms with Gasteiger partial charge in [-0.1, -0.05) is 18.2 Å². The number of hydrogen-bond acceptors (Lipinski definition) is 7. The van der Waals surface area contributed by atoms with Crippen LogP contribution in [0.3, 0.4) is 0 Å². The third-order valence-electron chi connectivity index (χ3n) is 4.50. The lowest BCUT2D eigenvalue weighted by Gasteiger charge is -2.31. The fourth-order valence-corrected chi connectivity index (χ4v) is 3.17. The van der Waals surface area contributed by atoms with Gasteiger partial charge in [-0.3, -0.25) is 4.90 Å². The quantitative estimate of drug-likeness (QED) is 0.717. The van der Waals surface area contributed by atoms with Crippen LogP contribution in [-0.2, 0) is 17.7 Å².